The third kappa shape index (κ3) is 2.57. The Kier molecular flexibility index (Phi) is 3.51. The van der Waals surface area contributed by atoms with E-state index in [0.717, 1.165) is 21.4 Å². The van der Waals surface area contributed by atoms with Gasteiger partial charge in [-0.05, 0) is 36.4 Å². The van der Waals surface area contributed by atoms with Crippen molar-refractivity contribution in [2.24, 2.45) is 0 Å². The lowest BCUT2D eigenvalue weighted by Crippen LogP contribution is -1.94. The summed E-state index contributed by atoms with van der Waals surface area (Å²) < 4.78 is 2.78. The molecule has 0 amide bonds. The first-order chi connectivity index (χ1) is 9.63. The Labute approximate surface area is 130 Å². The summed E-state index contributed by atoms with van der Waals surface area (Å²) >= 11 is 9.30. The van der Waals surface area contributed by atoms with Gasteiger partial charge in [-0.3, -0.25) is 0 Å². The molecule has 0 saturated heterocycles. The molecule has 0 atom stereocenters. The van der Waals surface area contributed by atoms with Crippen LogP contribution in [0, 0.1) is 0 Å². The van der Waals surface area contributed by atoms with E-state index in [0.29, 0.717) is 10.7 Å². The first-order valence-corrected chi connectivity index (χ1v) is 7.17. The van der Waals surface area contributed by atoms with Gasteiger partial charge in [0.05, 0.1) is 17.6 Å². The number of anilines is 1. The van der Waals surface area contributed by atoms with E-state index in [2.05, 4.69) is 21.0 Å². The molecule has 0 aliphatic carbocycles. The molecule has 3 nitrogen and oxygen atoms in total. The first kappa shape index (κ1) is 13.2. The van der Waals surface area contributed by atoms with Gasteiger partial charge in [-0.1, -0.05) is 39.7 Å². The highest BCUT2D eigenvalue weighted by molar-refractivity contribution is 9.10. The number of benzene rings is 2. The number of hydrogen-bond donors (Lipinski definition) is 1. The Morgan fingerprint density at radius 2 is 1.65 bits per heavy atom. The molecule has 3 rings (SSSR count). The first-order valence-electron chi connectivity index (χ1n) is 6.00. The van der Waals surface area contributed by atoms with E-state index in [1.807, 2.05) is 48.5 Å². The van der Waals surface area contributed by atoms with E-state index in [1.54, 1.807) is 10.9 Å². The molecule has 2 aromatic carbocycles. The summed E-state index contributed by atoms with van der Waals surface area (Å²) in [4.78, 5) is 0. The second-order valence-electron chi connectivity index (χ2n) is 4.36. The maximum Gasteiger partial charge on any atom is 0.116 e. The quantitative estimate of drug-likeness (QED) is 0.739. The molecule has 0 aliphatic heterocycles. The molecule has 0 saturated carbocycles. The highest BCUT2D eigenvalue weighted by Crippen LogP contribution is 2.27. The zero-order valence-corrected chi connectivity index (χ0v) is 12.8. The van der Waals surface area contributed by atoms with E-state index >= 15 is 0 Å². The number of halogens is 2. The van der Waals surface area contributed by atoms with Crippen molar-refractivity contribution in [1.82, 2.24) is 9.78 Å². The predicted molar refractivity (Wildman–Crippen MR) is 86.1 cm³/mol. The molecular formula is C15H11BrClN3. The van der Waals surface area contributed by atoms with Crippen LogP contribution < -0.4 is 5.73 Å². The third-order valence-corrected chi connectivity index (χ3v) is 3.73. The molecule has 0 unspecified atom stereocenters. The van der Waals surface area contributed by atoms with Crippen molar-refractivity contribution in [3.63, 3.8) is 0 Å². The van der Waals surface area contributed by atoms with E-state index in [9.17, 15) is 0 Å². The lowest BCUT2D eigenvalue weighted by atomic mass is 10.1. The Hall–Kier alpha value is -1.78. The van der Waals surface area contributed by atoms with Crippen LogP contribution in [-0.2, 0) is 0 Å². The van der Waals surface area contributed by atoms with Crippen LogP contribution in [0.2, 0.25) is 5.02 Å². The van der Waals surface area contributed by atoms with E-state index in [4.69, 9.17) is 17.3 Å². The summed E-state index contributed by atoms with van der Waals surface area (Å²) in [5.74, 6) is 0. The highest BCUT2D eigenvalue weighted by atomic mass is 79.9. The topological polar surface area (TPSA) is 43.8 Å². The van der Waals surface area contributed by atoms with Crippen LogP contribution in [0.3, 0.4) is 0 Å². The Morgan fingerprint density at radius 1 is 1.00 bits per heavy atom. The molecule has 2 N–H and O–H groups in total. The van der Waals surface area contributed by atoms with Gasteiger partial charge >= 0.3 is 0 Å². The van der Waals surface area contributed by atoms with Crippen molar-refractivity contribution in [2.45, 2.75) is 0 Å². The fraction of sp³-hybridized carbons (Fsp3) is 0. The van der Waals surface area contributed by atoms with Gasteiger partial charge in [0.2, 0.25) is 0 Å². The van der Waals surface area contributed by atoms with Gasteiger partial charge in [0, 0.05) is 15.1 Å². The van der Waals surface area contributed by atoms with Crippen LogP contribution >= 0.6 is 27.5 Å². The maximum absolute atomic E-state index is 6.06. The van der Waals surface area contributed by atoms with Crippen molar-refractivity contribution < 1.29 is 0 Å². The van der Waals surface area contributed by atoms with Crippen molar-refractivity contribution in [3.05, 3.63) is 64.2 Å². The zero-order chi connectivity index (χ0) is 14.1. The average molecular weight is 349 g/mol. The number of aromatic nitrogens is 2. The fourth-order valence-corrected chi connectivity index (χ4v) is 2.34. The highest BCUT2D eigenvalue weighted by Gasteiger charge is 2.09. The standard InChI is InChI=1S/C15H11BrClN3/c16-11-3-1-10(2-4-11)15-14(18)9-20(19-15)13-7-5-12(17)6-8-13/h1-9H,18H2. The molecule has 100 valence electrons. The molecule has 1 aromatic heterocycles. The van der Waals surface area contributed by atoms with Crippen LogP contribution in [0.4, 0.5) is 5.69 Å². The number of nitrogens with zero attached hydrogens (tertiary/aromatic N) is 2. The molecular weight excluding hydrogens is 338 g/mol. The summed E-state index contributed by atoms with van der Waals surface area (Å²) in [6.45, 7) is 0. The number of hydrogen-bond acceptors (Lipinski definition) is 2. The van der Waals surface area contributed by atoms with Crippen LogP contribution in [-0.4, -0.2) is 9.78 Å². The van der Waals surface area contributed by atoms with Gasteiger partial charge < -0.3 is 5.73 Å². The number of nitrogen functional groups attached to an aromatic ring is 1. The molecule has 0 aliphatic rings. The smallest absolute Gasteiger partial charge is 0.116 e. The van der Waals surface area contributed by atoms with Gasteiger partial charge in [-0.15, -0.1) is 0 Å². The SMILES string of the molecule is Nc1cn(-c2ccc(Cl)cc2)nc1-c1ccc(Br)cc1. The lowest BCUT2D eigenvalue weighted by Gasteiger charge is -2.01. The summed E-state index contributed by atoms with van der Waals surface area (Å²) in [7, 11) is 0. The number of nitrogens with two attached hydrogens (primary N) is 1. The number of rotatable bonds is 2. The average Bonchev–Trinajstić information content (AvgIpc) is 2.82. The van der Waals surface area contributed by atoms with Crippen LogP contribution in [0.15, 0.2) is 59.2 Å². The Morgan fingerprint density at radius 3 is 2.30 bits per heavy atom. The predicted octanol–water partition coefficient (Wildman–Crippen LogP) is 4.54. The Bertz CT molecular complexity index is 733. The normalized spacial score (nSPS) is 10.7. The summed E-state index contributed by atoms with van der Waals surface area (Å²) in [5.41, 5.74) is 9.37. The van der Waals surface area contributed by atoms with Crippen molar-refractivity contribution in [3.8, 4) is 16.9 Å². The van der Waals surface area contributed by atoms with Gasteiger partial charge in [0.25, 0.3) is 0 Å². The minimum atomic E-state index is 0.641. The fourth-order valence-electron chi connectivity index (χ4n) is 1.95. The molecule has 5 heteroatoms. The van der Waals surface area contributed by atoms with Crippen molar-refractivity contribution >= 4 is 33.2 Å². The molecule has 3 aromatic rings. The van der Waals surface area contributed by atoms with Crippen molar-refractivity contribution in [2.75, 3.05) is 5.73 Å². The Balaban J connectivity index is 2.02. The van der Waals surface area contributed by atoms with Gasteiger partial charge in [0.15, 0.2) is 0 Å². The van der Waals surface area contributed by atoms with E-state index in [1.165, 1.54) is 0 Å². The summed E-state index contributed by atoms with van der Waals surface area (Å²) in [6.07, 6.45) is 1.81. The minimum absolute atomic E-state index is 0.641. The molecule has 20 heavy (non-hydrogen) atoms. The maximum atomic E-state index is 6.06. The molecule has 0 radical (unpaired) electrons. The van der Waals surface area contributed by atoms with E-state index < -0.39 is 0 Å². The molecule has 0 fully saturated rings. The molecule has 0 bridgehead atoms. The van der Waals surface area contributed by atoms with Crippen molar-refractivity contribution in [1.29, 1.82) is 0 Å². The van der Waals surface area contributed by atoms with Gasteiger partial charge in [0.1, 0.15) is 5.69 Å². The van der Waals surface area contributed by atoms with Crippen LogP contribution in [0.1, 0.15) is 0 Å². The summed E-state index contributed by atoms with van der Waals surface area (Å²) in [5, 5.41) is 5.24. The lowest BCUT2D eigenvalue weighted by molar-refractivity contribution is 0.884. The molecule has 0 spiro atoms. The third-order valence-electron chi connectivity index (χ3n) is 2.95. The largest absolute Gasteiger partial charge is 0.396 e. The second-order valence-corrected chi connectivity index (χ2v) is 5.71. The summed E-state index contributed by atoms with van der Waals surface area (Å²) in [6, 6.07) is 15.4. The molecule has 1 heterocycles. The van der Waals surface area contributed by atoms with Gasteiger partial charge in [-0.25, -0.2) is 4.68 Å². The second kappa shape index (κ2) is 5.31. The zero-order valence-electron chi connectivity index (χ0n) is 10.4. The minimum Gasteiger partial charge on any atom is -0.396 e. The van der Waals surface area contributed by atoms with Crippen LogP contribution in [0.5, 0.6) is 0 Å². The van der Waals surface area contributed by atoms with Crippen LogP contribution in [0.25, 0.3) is 16.9 Å². The monoisotopic (exact) mass is 347 g/mol. The van der Waals surface area contributed by atoms with Gasteiger partial charge in [-0.2, -0.15) is 5.10 Å². The van der Waals surface area contributed by atoms with E-state index in [-0.39, 0.29) is 0 Å².